The number of aromatic nitrogens is 2. The molecule has 2 rings (SSSR count). The van der Waals surface area contributed by atoms with E-state index in [2.05, 4.69) is 20.3 Å². The van der Waals surface area contributed by atoms with Gasteiger partial charge in [-0.1, -0.05) is 10.3 Å². The molecule has 15 heavy (non-hydrogen) atoms. The van der Waals surface area contributed by atoms with Crippen LogP contribution in [0.1, 0.15) is 22.9 Å². The second-order valence-corrected chi connectivity index (χ2v) is 3.41. The number of nitrogens with one attached hydrogen (secondary N) is 1. The maximum Gasteiger partial charge on any atom is 0.121 e. The standard InChI is InChI=1S/C10H13N3O2/c1-7-3-4-9(14-7)5-11-6-10-8(2)12-15-13-10/h3-4,11H,5-6H2,1-2H3. The molecule has 0 saturated heterocycles. The van der Waals surface area contributed by atoms with Crippen LogP contribution in [0, 0.1) is 13.8 Å². The van der Waals surface area contributed by atoms with Crippen LogP contribution < -0.4 is 5.32 Å². The predicted molar refractivity (Wildman–Crippen MR) is 53.0 cm³/mol. The van der Waals surface area contributed by atoms with E-state index in [1.54, 1.807) is 0 Å². The second kappa shape index (κ2) is 4.27. The summed E-state index contributed by atoms with van der Waals surface area (Å²) in [6, 6.07) is 3.90. The second-order valence-electron chi connectivity index (χ2n) is 3.41. The van der Waals surface area contributed by atoms with Gasteiger partial charge >= 0.3 is 0 Å². The topological polar surface area (TPSA) is 64.1 Å². The van der Waals surface area contributed by atoms with Crippen LogP contribution in [0.4, 0.5) is 0 Å². The molecule has 5 heteroatoms. The first kappa shape index (κ1) is 9.92. The maximum absolute atomic E-state index is 5.41. The number of nitrogens with zero attached hydrogens (tertiary/aromatic N) is 2. The first-order valence-electron chi connectivity index (χ1n) is 4.80. The summed E-state index contributed by atoms with van der Waals surface area (Å²) in [6.45, 7) is 5.11. The Morgan fingerprint density at radius 2 is 2.07 bits per heavy atom. The van der Waals surface area contributed by atoms with Gasteiger partial charge in [-0.3, -0.25) is 0 Å². The van der Waals surface area contributed by atoms with E-state index in [9.17, 15) is 0 Å². The predicted octanol–water partition coefficient (Wildman–Crippen LogP) is 1.57. The minimum Gasteiger partial charge on any atom is -0.465 e. The lowest BCUT2D eigenvalue weighted by atomic mass is 10.3. The number of furan rings is 1. The van der Waals surface area contributed by atoms with Crippen LogP contribution in [0.15, 0.2) is 21.2 Å². The van der Waals surface area contributed by atoms with Crippen LogP contribution in [-0.2, 0) is 13.1 Å². The summed E-state index contributed by atoms with van der Waals surface area (Å²) in [5.41, 5.74) is 1.65. The summed E-state index contributed by atoms with van der Waals surface area (Å²) in [4.78, 5) is 0. The number of rotatable bonds is 4. The zero-order valence-corrected chi connectivity index (χ0v) is 8.78. The van der Waals surface area contributed by atoms with Crippen molar-refractivity contribution < 1.29 is 9.05 Å². The molecule has 0 fully saturated rings. The molecule has 0 unspecified atom stereocenters. The van der Waals surface area contributed by atoms with E-state index in [1.165, 1.54) is 0 Å². The van der Waals surface area contributed by atoms with Crippen molar-refractivity contribution in [2.75, 3.05) is 0 Å². The highest BCUT2D eigenvalue weighted by atomic mass is 16.6. The van der Waals surface area contributed by atoms with E-state index in [0.29, 0.717) is 13.1 Å². The Morgan fingerprint density at radius 3 is 2.67 bits per heavy atom. The van der Waals surface area contributed by atoms with Crippen LogP contribution in [0.3, 0.4) is 0 Å². The molecule has 0 aliphatic carbocycles. The van der Waals surface area contributed by atoms with Gasteiger partial charge in [0.15, 0.2) is 0 Å². The summed E-state index contributed by atoms with van der Waals surface area (Å²) in [7, 11) is 0. The highest BCUT2D eigenvalue weighted by Gasteiger charge is 2.04. The molecule has 0 atom stereocenters. The summed E-state index contributed by atoms with van der Waals surface area (Å²) in [5.74, 6) is 1.84. The molecule has 0 aliphatic rings. The monoisotopic (exact) mass is 207 g/mol. The van der Waals surface area contributed by atoms with Crippen molar-refractivity contribution >= 4 is 0 Å². The van der Waals surface area contributed by atoms with Gasteiger partial charge in [0.05, 0.1) is 6.54 Å². The number of hydrogen-bond donors (Lipinski definition) is 1. The molecule has 0 radical (unpaired) electrons. The molecule has 2 aromatic heterocycles. The first-order chi connectivity index (χ1) is 7.25. The average molecular weight is 207 g/mol. The molecule has 80 valence electrons. The molecular weight excluding hydrogens is 194 g/mol. The van der Waals surface area contributed by atoms with Crippen LogP contribution in [0.2, 0.25) is 0 Å². The molecule has 2 aromatic rings. The van der Waals surface area contributed by atoms with Crippen molar-refractivity contribution in [1.29, 1.82) is 0 Å². The van der Waals surface area contributed by atoms with Crippen LogP contribution in [0.5, 0.6) is 0 Å². The van der Waals surface area contributed by atoms with E-state index < -0.39 is 0 Å². The molecular formula is C10H13N3O2. The van der Waals surface area contributed by atoms with Crippen molar-refractivity contribution in [1.82, 2.24) is 15.6 Å². The van der Waals surface area contributed by atoms with Crippen molar-refractivity contribution in [3.05, 3.63) is 35.0 Å². The van der Waals surface area contributed by atoms with E-state index in [-0.39, 0.29) is 0 Å². The Bertz CT molecular complexity index is 433. The molecule has 0 spiro atoms. The fraction of sp³-hybridized carbons (Fsp3) is 0.400. The van der Waals surface area contributed by atoms with Gasteiger partial charge in [0.25, 0.3) is 0 Å². The molecule has 2 heterocycles. The highest BCUT2D eigenvalue weighted by Crippen LogP contribution is 2.06. The Kier molecular flexibility index (Phi) is 2.82. The van der Waals surface area contributed by atoms with Crippen molar-refractivity contribution in [3.63, 3.8) is 0 Å². The summed E-state index contributed by atoms with van der Waals surface area (Å²) < 4.78 is 10.00. The molecule has 0 aliphatic heterocycles. The Morgan fingerprint density at radius 1 is 1.20 bits per heavy atom. The fourth-order valence-corrected chi connectivity index (χ4v) is 1.29. The average Bonchev–Trinajstić information content (AvgIpc) is 2.77. The minimum atomic E-state index is 0.634. The van der Waals surface area contributed by atoms with Gasteiger partial charge in [0.1, 0.15) is 22.9 Å². The third-order valence-corrected chi connectivity index (χ3v) is 2.13. The highest BCUT2D eigenvalue weighted by molar-refractivity contribution is 5.07. The maximum atomic E-state index is 5.41. The fourth-order valence-electron chi connectivity index (χ4n) is 1.29. The molecule has 0 amide bonds. The minimum absolute atomic E-state index is 0.634. The SMILES string of the molecule is Cc1ccc(CNCc2nonc2C)o1. The number of hydrogen-bond acceptors (Lipinski definition) is 5. The summed E-state index contributed by atoms with van der Waals surface area (Å²) in [6.07, 6.45) is 0. The third-order valence-electron chi connectivity index (χ3n) is 2.13. The lowest BCUT2D eigenvalue weighted by Gasteiger charge is -1.98. The Balaban J connectivity index is 1.83. The van der Waals surface area contributed by atoms with Gasteiger partial charge in [-0.25, -0.2) is 4.63 Å². The smallest absolute Gasteiger partial charge is 0.121 e. The van der Waals surface area contributed by atoms with Crippen molar-refractivity contribution in [2.24, 2.45) is 0 Å². The van der Waals surface area contributed by atoms with Gasteiger partial charge in [-0.15, -0.1) is 0 Å². The van der Waals surface area contributed by atoms with Gasteiger partial charge in [0, 0.05) is 6.54 Å². The van der Waals surface area contributed by atoms with Gasteiger partial charge in [-0.2, -0.15) is 0 Å². The summed E-state index contributed by atoms with van der Waals surface area (Å²) >= 11 is 0. The van der Waals surface area contributed by atoms with Crippen molar-refractivity contribution in [2.45, 2.75) is 26.9 Å². The van der Waals surface area contributed by atoms with Crippen LogP contribution in [0.25, 0.3) is 0 Å². The third kappa shape index (κ3) is 2.44. The summed E-state index contributed by atoms with van der Waals surface area (Å²) in [5, 5.41) is 10.7. The molecule has 5 nitrogen and oxygen atoms in total. The lowest BCUT2D eigenvalue weighted by molar-refractivity contribution is 0.300. The van der Waals surface area contributed by atoms with Gasteiger partial charge in [-0.05, 0) is 26.0 Å². The largest absolute Gasteiger partial charge is 0.465 e. The van der Waals surface area contributed by atoms with Crippen LogP contribution in [-0.4, -0.2) is 10.3 Å². The molecule has 0 saturated carbocycles. The normalized spacial score (nSPS) is 10.8. The quantitative estimate of drug-likeness (QED) is 0.824. The Labute approximate surface area is 87.4 Å². The van der Waals surface area contributed by atoms with Crippen molar-refractivity contribution in [3.8, 4) is 0 Å². The van der Waals surface area contributed by atoms with E-state index in [0.717, 1.165) is 22.9 Å². The van der Waals surface area contributed by atoms with E-state index in [1.807, 2.05) is 26.0 Å². The zero-order valence-electron chi connectivity index (χ0n) is 8.78. The molecule has 1 N–H and O–H groups in total. The molecule has 0 aromatic carbocycles. The van der Waals surface area contributed by atoms with Gasteiger partial charge < -0.3 is 9.73 Å². The van der Waals surface area contributed by atoms with Gasteiger partial charge in [0.2, 0.25) is 0 Å². The van der Waals surface area contributed by atoms with Crippen LogP contribution >= 0.6 is 0 Å². The Hall–Kier alpha value is -1.62. The first-order valence-corrected chi connectivity index (χ1v) is 4.80. The number of aryl methyl sites for hydroxylation is 2. The van der Waals surface area contributed by atoms with E-state index >= 15 is 0 Å². The zero-order chi connectivity index (χ0) is 10.7. The van der Waals surface area contributed by atoms with E-state index in [4.69, 9.17) is 4.42 Å². The lowest BCUT2D eigenvalue weighted by Crippen LogP contribution is -2.13. The molecule has 0 bridgehead atoms.